The van der Waals surface area contributed by atoms with E-state index in [0.717, 1.165) is 6.07 Å². The summed E-state index contributed by atoms with van der Waals surface area (Å²) in [5, 5.41) is 6.10. The Morgan fingerprint density at radius 2 is 2.17 bits per heavy atom. The number of nitrogen functional groups attached to an aromatic ring is 1. The maximum absolute atomic E-state index is 13.4. The van der Waals surface area contributed by atoms with Crippen molar-refractivity contribution in [2.75, 3.05) is 11.1 Å². The van der Waals surface area contributed by atoms with Crippen LogP contribution in [0.3, 0.4) is 0 Å². The molecule has 0 radical (unpaired) electrons. The Morgan fingerprint density at radius 1 is 1.44 bits per heavy atom. The Bertz CT molecular complexity index is 586. The van der Waals surface area contributed by atoms with E-state index in [4.69, 9.17) is 5.73 Å². The van der Waals surface area contributed by atoms with Crippen molar-refractivity contribution in [2.24, 2.45) is 7.05 Å². The van der Waals surface area contributed by atoms with Crippen molar-refractivity contribution in [3.63, 3.8) is 0 Å². The first kappa shape index (κ1) is 12.0. The Kier molecular flexibility index (Phi) is 2.97. The molecular formula is C11H10F2N4O. The van der Waals surface area contributed by atoms with Crippen LogP contribution in [0.1, 0.15) is 10.5 Å². The van der Waals surface area contributed by atoms with Crippen LogP contribution < -0.4 is 11.1 Å². The van der Waals surface area contributed by atoms with Crippen LogP contribution in [0.5, 0.6) is 0 Å². The molecule has 0 saturated carbocycles. The molecule has 0 fully saturated rings. The third-order valence-corrected chi connectivity index (χ3v) is 2.27. The first-order chi connectivity index (χ1) is 8.47. The van der Waals surface area contributed by atoms with Gasteiger partial charge in [0, 0.05) is 19.3 Å². The summed E-state index contributed by atoms with van der Waals surface area (Å²) in [5.41, 5.74) is 5.10. The number of amides is 1. The molecule has 0 aliphatic rings. The van der Waals surface area contributed by atoms with Crippen molar-refractivity contribution >= 4 is 17.3 Å². The molecule has 3 N–H and O–H groups in total. The van der Waals surface area contributed by atoms with E-state index in [9.17, 15) is 13.6 Å². The number of nitrogens with one attached hydrogen (secondary N) is 1. The fraction of sp³-hybridized carbons (Fsp3) is 0.0909. The third-order valence-electron chi connectivity index (χ3n) is 2.27. The molecule has 0 aliphatic carbocycles. The summed E-state index contributed by atoms with van der Waals surface area (Å²) in [6.45, 7) is 0. The first-order valence-electron chi connectivity index (χ1n) is 5.03. The Balaban J connectivity index is 2.27. The summed E-state index contributed by atoms with van der Waals surface area (Å²) in [7, 11) is 1.64. The van der Waals surface area contributed by atoms with Crippen molar-refractivity contribution in [2.45, 2.75) is 0 Å². The minimum Gasteiger partial charge on any atom is -0.397 e. The van der Waals surface area contributed by atoms with Gasteiger partial charge in [0.15, 0.2) is 11.5 Å². The number of anilines is 2. The summed E-state index contributed by atoms with van der Waals surface area (Å²) in [4.78, 5) is 11.7. The Hall–Kier alpha value is -2.44. The number of benzene rings is 1. The molecule has 2 rings (SSSR count). The molecule has 0 aliphatic heterocycles. The molecule has 18 heavy (non-hydrogen) atoms. The van der Waals surface area contributed by atoms with Gasteiger partial charge in [-0.05, 0) is 12.1 Å². The van der Waals surface area contributed by atoms with Gasteiger partial charge in [-0.25, -0.2) is 8.78 Å². The zero-order chi connectivity index (χ0) is 13.3. The van der Waals surface area contributed by atoms with Gasteiger partial charge in [0.25, 0.3) is 5.91 Å². The second-order valence-corrected chi connectivity index (χ2v) is 3.68. The normalized spacial score (nSPS) is 10.4. The van der Waals surface area contributed by atoms with Crippen LogP contribution in [0.15, 0.2) is 24.4 Å². The van der Waals surface area contributed by atoms with Crippen LogP contribution in [-0.4, -0.2) is 15.7 Å². The van der Waals surface area contributed by atoms with Crippen LogP contribution in [0.2, 0.25) is 0 Å². The molecule has 0 bridgehead atoms. The number of halogens is 2. The number of aryl methyl sites for hydroxylation is 1. The van der Waals surface area contributed by atoms with Gasteiger partial charge in [-0.1, -0.05) is 0 Å². The maximum atomic E-state index is 13.4. The smallest absolute Gasteiger partial charge is 0.276 e. The lowest BCUT2D eigenvalue weighted by atomic mass is 10.2. The molecule has 0 atom stereocenters. The molecule has 0 saturated heterocycles. The molecular weight excluding hydrogens is 242 g/mol. The average molecular weight is 252 g/mol. The van der Waals surface area contributed by atoms with Crippen LogP contribution in [0.25, 0.3) is 0 Å². The fourth-order valence-corrected chi connectivity index (χ4v) is 1.44. The quantitative estimate of drug-likeness (QED) is 0.796. The van der Waals surface area contributed by atoms with Crippen LogP contribution in [-0.2, 0) is 7.05 Å². The minimum absolute atomic E-state index is 0.112. The summed E-state index contributed by atoms with van der Waals surface area (Å²) >= 11 is 0. The highest BCUT2D eigenvalue weighted by molar-refractivity contribution is 6.04. The monoisotopic (exact) mass is 252 g/mol. The number of nitrogens with zero attached hydrogens (tertiary/aromatic N) is 2. The molecule has 0 unspecified atom stereocenters. The highest BCUT2D eigenvalue weighted by atomic mass is 19.1. The summed E-state index contributed by atoms with van der Waals surface area (Å²) in [5.74, 6) is -2.36. The highest BCUT2D eigenvalue weighted by Gasteiger charge is 2.15. The maximum Gasteiger partial charge on any atom is 0.276 e. The van der Waals surface area contributed by atoms with Gasteiger partial charge in [0.05, 0.1) is 5.69 Å². The number of aromatic nitrogens is 2. The molecule has 7 heteroatoms. The largest absolute Gasteiger partial charge is 0.397 e. The van der Waals surface area contributed by atoms with E-state index in [2.05, 4.69) is 10.4 Å². The fourth-order valence-electron chi connectivity index (χ4n) is 1.44. The van der Waals surface area contributed by atoms with E-state index >= 15 is 0 Å². The molecule has 0 spiro atoms. The van der Waals surface area contributed by atoms with Crippen LogP contribution in [0.4, 0.5) is 20.2 Å². The van der Waals surface area contributed by atoms with Gasteiger partial charge >= 0.3 is 0 Å². The lowest BCUT2D eigenvalue weighted by Crippen LogP contribution is -2.15. The number of hydrogen-bond acceptors (Lipinski definition) is 3. The van der Waals surface area contributed by atoms with Gasteiger partial charge in [-0.2, -0.15) is 5.10 Å². The summed E-state index contributed by atoms with van der Waals surface area (Å²) in [6, 6.07) is 3.04. The molecule has 1 aromatic carbocycles. The van der Waals surface area contributed by atoms with Crippen LogP contribution in [0, 0.1) is 11.6 Å². The van der Waals surface area contributed by atoms with E-state index in [-0.39, 0.29) is 17.1 Å². The number of nitrogens with two attached hydrogens (primary N) is 1. The minimum atomic E-state index is -0.934. The number of rotatable bonds is 2. The second kappa shape index (κ2) is 4.44. The van der Waals surface area contributed by atoms with E-state index in [0.29, 0.717) is 6.07 Å². The molecule has 5 nitrogen and oxygen atoms in total. The summed E-state index contributed by atoms with van der Waals surface area (Å²) in [6.07, 6.45) is 1.57. The van der Waals surface area contributed by atoms with Crippen molar-refractivity contribution < 1.29 is 13.6 Å². The van der Waals surface area contributed by atoms with Gasteiger partial charge < -0.3 is 11.1 Å². The van der Waals surface area contributed by atoms with Gasteiger partial charge in [0.1, 0.15) is 11.5 Å². The Labute approximate surface area is 101 Å². The van der Waals surface area contributed by atoms with Gasteiger partial charge in [-0.3, -0.25) is 9.48 Å². The first-order valence-corrected chi connectivity index (χ1v) is 5.03. The van der Waals surface area contributed by atoms with Gasteiger partial charge in [-0.15, -0.1) is 0 Å². The predicted octanol–water partition coefficient (Wildman–Crippen LogP) is 1.53. The van der Waals surface area contributed by atoms with E-state index in [1.165, 1.54) is 10.7 Å². The van der Waals surface area contributed by atoms with Crippen molar-refractivity contribution in [3.05, 3.63) is 41.7 Å². The molecule has 2 aromatic rings. The van der Waals surface area contributed by atoms with Crippen molar-refractivity contribution in [1.29, 1.82) is 0 Å². The van der Waals surface area contributed by atoms with Crippen molar-refractivity contribution in [3.8, 4) is 0 Å². The SMILES string of the molecule is Cn1ccc(C(=O)Nc2c(N)cc(F)cc2F)n1. The van der Waals surface area contributed by atoms with Gasteiger partial charge in [0.2, 0.25) is 0 Å². The predicted molar refractivity (Wildman–Crippen MR) is 61.9 cm³/mol. The number of carbonyl (C=O) groups excluding carboxylic acids is 1. The zero-order valence-electron chi connectivity index (χ0n) is 9.45. The van der Waals surface area contributed by atoms with Crippen molar-refractivity contribution in [1.82, 2.24) is 9.78 Å². The lowest BCUT2D eigenvalue weighted by Gasteiger charge is -2.08. The second-order valence-electron chi connectivity index (χ2n) is 3.68. The standard InChI is InChI=1S/C11H10F2N4O/c1-17-3-2-9(16-17)11(18)15-10-7(13)4-6(12)5-8(10)14/h2-5H,14H2,1H3,(H,15,18). The topological polar surface area (TPSA) is 72.9 Å². The van der Waals surface area contributed by atoms with E-state index < -0.39 is 17.5 Å². The van der Waals surface area contributed by atoms with E-state index in [1.807, 2.05) is 0 Å². The molecule has 1 heterocycles. The van der Waals surface area contributed by atoms with Crippen LogP contribution >= 0.6 is 0 Å². The summed E-state index contributed by atoms with van der Waals surface area (Å²) < 4.78 is 27.7. The number of hydrogen-bond donors (Lipinski definition) is 2. The molecule has 94 valence electrons. The third kappa shape index (κ3) is 2.29. The zero-order valence-corrected chi connectivity index (χ0v) is 9.45. The number of carbonyl (C=O) groups is 1. The molecule has 1 aromatic heterocycles. The molecule has 1 amide bonds. The highest BCUT2D eigenvalue weighted by Crippen LogP contribution is 2.24. The van der Waals surface area contributed by atoms with E-state index in [1.54, 1.807) is 13.2 Å². The average Bonchev–Trinajstić information content (AvgIpc) is 2.70. The lowest BCUT2D eigenvalue weighted by molar-refractivity contribution is 0.102. The Morgan fingerprint density at radius 3 is 2.72 bits per heavy atom.